The van der Waals surface area contributed by atoms with E-state index >= 15 is 0 Å². The van der Waals surface area contributed by atoms with Crippen LogP contribution in [0.5, 0.6) is 5.75 Å². The number of ether oxygens (including phenoxy) is 1. The zero-order chi connectivity index (χ0) is 12.1. The lowest BCUT2D eigenvalue weighted by atomic mass is 10.1. The van der Waals surface area contributed by atoms with Gasteiger partial charge in [0, 0.05) is 12.2 Å². The van der Waals surface area contributed by atoms with Crippen molar-refractivity contribution in [3.63, 3.8) is 0 Å². The summed E-state index contributed by atoms with van der Waals surface area (Å²) in [5, 5.41) is 3.51. The van der Waals surface area contributed by atoms with Crippen LogP contribution in [0, 0.1) is 5.92 Å². The standard InChI is InChI=1S/C15H23NO/c1-12(2)17-15-9-7-14(8-10-15)16-11-13-5-3-4-6-13/h7-10,12-13,16H,3-6,11H2,1-2H3. The van der Waals surface area contributed by atoms with Gasteiger partial charge < -0.3 is 10.1 Å². The van der Waals surface area contributed by atoms with E-state index in [9.17, 15) is 0 Å². The molecule has 0 unspecified atom stereocenters. The van der Waals surface area contributed by atoms with Gasteiger partial charge in [-0.25, -0.2) is 0 Å². The molecule has 0 aromatic heterocycles. The molecule has 2 rings (SSSR count). The van der Waals surface area contributed by atoms with Gasteiger partial charge in [-0.3, -0.25) is 0 Å². The first kappa shape index (κ1) is 12.3. The second-order valence-corrected chi connectivity index (χ2v) is 5.22. The second-order valence-electron chi connectivity index (χ2n) is 5.22. The van der Waals surface area contributed by atoms with E-state index in [0.717, 1.165) is 18.2 Å². The van der Waals surface area contributed by atoms with Crippen LogP contribution < -0.4 is 10.1 Å². The summed E-state index contributed by atoms with van der Waals surface area (Å²) in [6.45, 7) is 5.21. The molecular weight excluding hydrogens is 210 g/mol. The van der Waals surface area contributed by atoms with Crippen LogP contribution in [0.4, 0.5) is 5.69 Å². The molecule has 1 aromatic carbocycles. The zero-order valence-corrected chi connectivity index (χ0v) is 10.9. The molecule has 1 aliphatic carbocycles. The number of benzene rings is 1. The lowest BCUT2D eigenvalue weighted by Crippen LogP contribution is -2.11. The van der Waals surface area contributed by atoms with E-state index in [0.29, 0.717) is 0 Å². The van der Waals surface area contributed by atoms with Gasteiger partial charge in [0.05, 0.1) is 6.10 Å². The molecule has 1 saturated carbocycles. The molecule has 0 radical (unpaired) electrons. The molecule has 0 amide bonds. The first-order valence-corrected chi connectivity index (χ1v) is 6.74. The van der Waals surface area contributed by atoms with Crippen molar-refractivity contribution in [2.24, 2.45) is 5.92 Å². The van der Waals surface area contributed by atoms with Crippen molar-refractivity contribution in [3.8, 4) is 5.75 Å². The molecule has 0 spiro atoms. The predicted octanol–water partition coefficient (Wildman–Crippen LogP) is 4.08. The third-order valence-electron chi connectivity index (χ3n) is 3.30. The molecule has 0 aliphatic heterocycles. The van der Waals surface area contributed by atoms with Crippen LogP contribution in [0.1, 0.15) is 39.5 Å². The Kier molecular flexibility index (Phi) is 4.29. The Hall–Kier alpha value is -1.18. The van der Waals surface area contributed by atoms with Crippen LogP contribution in [0.25, 0.3) is 0 Å². The van der Waals surface area contributed by atoms with Gasteiger partial charge in [-0.2, -0.15) is 0 Å². The van der Waals surface area contributed by atoms with Gasteiger partial charge in [0.15, 0.2) is 0 Å². The Balaban J connectivity index is 1.80. The first-order valence-electron chi connectivity index (χ1n) is 6.74. The van der Waals surface area contributed by atoms with E-state index in [1.54, 1.807) is 0 Å². The number of hydrogen-bond donors (Lipinski definition) is 1. The molecular formula is C15H23NO. The fourth-order valence-electron chi connectivity index (χ4n) is 2.40. The first-order chi connectivity index (χ1) is 8.24. The normalized spacial score (nSPS) is 16.4. The van der Waals surface area contributed by atoms with Crippen molar-refractivity contribution in [2.45, 2.75) is 45.6 Å². The van der Waals surface area contributed by atoms with Gasteiger partial charge in [-0.15, -0.1) is 0 Å². The Morgan fingerprint density at radius 1 is 1.18 bits per heavy atom. The van der Waals surface area contributed by atoms with Gasteiger partial charge in [0.1, 0.15) is 5.75 Å². The monoisotopic (exact) mass is 233 g/mol. The summed E-state index contributed by atoms with van der Waals surface area (Å²) in [6, 6.07) is 8.29. The Morgan fingerprint density at radius 3 is 2.41 bits per heavy atom. The van der Waals surface area contributed by atoms with E-state index in [-0.39, 0.29) is 6.10 Å². The minimum absolute atomic E-state index is 0.243. The highest BCUT2D eigenvalue weighted by molar-refractivity contribution is 5.46. The van der Waals surface area contributed by atoms with Crippen molar-refractivity contribution in [3.05, 3.63) is 24.3 Å². The lowest BCUT2D eigenvalue weighted by Gasteiger charge is -2.13. The fraction of sp³-hybridized carbons (Fsp3) is 0.600. The average Bonchev–Trinajstić information content (AvgIpc) is 2.80. The van der Waals surface area contributed by atoms with E-state index < -0.39 is 0 Å². The Bertz CT molecular complexity index is 325. The smallest absolute Gasteiger partial charge is 0.119 e. The minimum Gasteiger partial charge on any atom is -0.491 e. The van der Waals surface area contributed by atoms with Gasteiger partial charge in [0.25, 0.3) is 0 Å². The van der Waals surface area contributed by atoms with Gasteiger partial charge >= 0.3 is 0 Å². The van der Waals surface area contributed by atoms with Crippen LogP contribution in [0.3, 0.4) is 0 Å². The van der Waals surface area contributed by atoms with Crippen molar-refractivity contribution in [1.29, 1.82) is 0 Å². The van der Waals surface area contributed by atoms with Crippen molar-refractivity contribution < 1.29 is 4.74 Å². The molecule has 2 nitrogen and oxygen atoms in total. The maximum Gasteiger partial charge on any atom is 0.119 e. The highest BCUT2D eigenvalue weighted by atomic mass is 16.5. The van der Waals surface area contributed by atoms with Crippen molar-refractivity contribution in [1.82, 2.24) is 0 Å². The van der Waals surface area contributed by atoms with E-state index in [4.69, 9.17) is 4.74 Å². The van der Waals surface area contributed by atoms with Crippen LogP contribution in [-0.4, -0.2) is 12.6 Å². The third kappa shape index (κ3) is 3.95. The Morgan fingerprint density at radius 2 is 1.82 bits per heavy atom. The van der Waals surface area contributed by atoms with E-state index in [1.165, 1.54) is 31.4 Å². The molecule has 1 N–H and O–H groups in total. The summed E-state index contributed by atoms with van der Waals surface area (Å²) in [6.07, 6.45) is 5.84. The summed E-state index contributed by atoms with van der Waals surface area (Å²) in [5.74, 6) is 1.83. The fourth-order valence-corrected chi connectivity index (χ4v) is 2.40. The summed E-state index contributed by atoms with van der Waals surface area (Å²) in [5.41, 5.74) is 1.20. The van der Waals surface area contributed by atoms with Crippen molar-refractivity contribution in [2.75, 3.05) is 11.9 Å². The molecule has 17 heavy (non-hydrogen) atoms. The number of hydrogen-bond acceptors (Lipinski definition) is 2. The minimum atomic E-state index is 0.243. The number of anilines is 1. The van der Waals surface area contributed by atoms with Crippen LogP contribution in [-0.2, 0) is 0 Å². The molecule has 0 saturated heterocycles. The molecule has 1 aromatic rings. The molecule has 0 atom stereocenters. The second kappa shape index (κ2) is 5.95. The largest absolute Gasteiger partial charge is 0.491 e. The molecule has 94 valence electrons. The van der Waals surface area contributed by atoms with Gasteiger partial charge in [-0.05, 0) is 56.9 Å². The van der Waals surface area contributed by atoms with Crippen molar-refractivity contribution >= 4 is 5.69 Å². The van der Waals surface area contributed by atoms with E-state index in [1.807, 2.05) is 26.0 Å². The average molecular weight is 233 g/mol. The van der Waals surface area contributed by atoms with Crippen LogP contribution in [0.15, 0.2) is 24.3 Å². The maximum absolute atomic E-state index is 5.62. The summed E-state index contributed by atoms with van der Waals surface area (Å²) >= 11 is 0. The number of nitrogens with one attached hydrogen (secondary N) is 1. The summed E-state index contributed by atoms with van der Waals surface area (Å²) < 4.78 is 5.62. The predicted molar refractivity (Wildman–Crippen MR) is 72.7 cm³/mol. The zero-order valence-electron chi connectivity index (χ0n) is 10.9. The Labute approximate surface area is 104 Å². The molecule has 1 aliphatic rings. The third-order valence-corrected chi connectivity index (χ3v) is 3.30. The molecule has 0 bridgehead atoms. The maximum atomic E-state index is 5.62. The van der Waals surface area contributed by atoms with Crippen LogP contribution in [0.2, 0.25) is 0 Å². The lowest BCUT2D eigenvalue weighted by molar-refractivity contribution is 0.242. The van der Waals surface area contributed by atoms with E-state index in [2.05, 4.69) is 17.4 Å². The molecule has 2 heteroatoms. The summed E-state index contributed by atoms with van der Waals surface area (Å²) in [7, 11) is 0. The molecule has 1 fully saturated rings. The quantitative estimate of drug-likeness (QED) is 0.827. The summed E-state index contributed by atoms with van der Waals surface area (Å²) in [4.78, 5) is 0. The number of rotatable bonds is 5. The van der Waals surface area contributed by atoms with Gasteiger partial charge in [-0.1, -0.05) is 12.8 Å². The van der Waals surface area contributed by atoms with Gasteiger partial charge in [0.2, 0.25) is 0 Å². The highest BCUT2D eigenvalue weighted by Crippen LogP contribution is 2.25. The van der Waals surface area contributed by atoms with Crippen LogP contribution >= 0.6 is 0 Å². The molecule has 0 heterocycles. The topological polar surface area (TPSA) is 21.3 Å². The highest BCUT2D eigenvalue weighted by Gasteiger charge is 2.14. The SMILES string of the molecule is CC(C)Oc1ccc(NCC2CCCC2)cc1.